The first-order valence-electron chi connectivity index (χ1n) is 6.91. The van der Waals surface area contributed by atoms with Gasteiger partial charge in [-0.2, -0.15) is 18.4 Å². The Labute approximate surface area is 125 Å². The minimum Gasteiger partial charge on any atom is -0.370 e. The van der Waals surface area contributed by atoms with Gasteiger partial charge in [-0.15, -0.1) is 0 Å². The zero-order valence-electron chi connectivity index (χ0n) is 11.9. The second-order valence-electron chi connectivity index (χ2n) is 5.35. The average molecular weight is 312 g/mol. The van der Waals surface area contributed by atoms with Crippen LogP contribution in [0.5, 0.6) is 0 Å². The maximum Gasteiger partial charge on any atom is 0.417 e. The van der Waals surface area contributed by atoms with Crippen LogP contribution in [0.3, 0.4) is 0 Å². The van der Waals surface area contributed by atoms with Crippen LogP contribution in [0.15, 0.2) is 18.3 Å². The quantitative estimate of drug-likeness (QED) is 0.810. The number of alkyl halides is 3. The van der Waals surface area contributed by atoms with Crippen molar-refractivity contribution in [1.82, 2.24) is 4.98 Å². The Kier molecular flexibility index (Phi) is 4.81. The maximum atomic E-state index is 12.5. The molecule has 1 aliphatic carbocycles. The number of ketones is 1. The second kappa shape index (κ2) is 6.44. The molecule has 0 bridgehead atoms. The Hall–Kier alpha value is -1.94. The molecule has 0 aliphatic heterocycles. The van der Waals surface area contributed by atoms with Gasteiger partial charge in [0.1, 0.15) is 12.0 Å². The van der Waals surface area contributed by atoms with Crippen molar-refractivity contribution in [1.29, 1.82) is 5.26 Å². The summed E-state index contributed by atoms with van der Waals surface area (Å²) in [7, 11) is 0. The van der Waals surface area contributed by atoms with E-state index in [1.54, 1.807) is 13.0 Å². The molecule has 0 N–H and O–H groups in total. The molecule has 0 saturated heterocycles. The van der Waals surface area contributed by atoms with Gasteiger partial charge in [0.25, 0.3) is 0 Å². The van der Waals surface area contributed by atoms with Gasteiger partial charge < -0.3 is 4.74 Å². The van der Waals surface area contributed by atoms with Crippen molar-refractivity contribution in [3.63, 3.8) is 0 Å². The van der Waals surface area contributed by atoms with Crippen LogP contribution < -0.4 is 0 Å². The van der Waals surface area contributed by atoms with Gasteiger partial charge in [-0.05, 0) is 37.8 Å². The normalized spacial score (nSPS) is 17.6. The lowest BCUT2D eigenvalue weighted by atomic mass is 9.97. The topological polar surface area (TPSA) is 63.0 Å². The lowest BCUT2D eigenvalue weighted by Crippen LogP contribution is -2.27. The molecule has 4 nitrogen and oxygen atoms in total. The molecule has 1 aliphatic rings. The molecule has 2 rings (SSSR count). The number of rotatable bonds is 6. The number of nitriles is 1. The van der Waals surface area contributed by atoms with E-state index in [9.17, 15) is 18.0 Å². The number of carbonyl (C=O) groups is 1. The van der Waals surface area contributed by atoms with Crippen molar-refractivity contribution in [2.24, 2.45) is 5.92 Å². The van der Waals surface area contributed by atoms with Gasteiger partial charge in [0.2, 0.25) is 0 Å². The lowest BCUT2D eigenvalue weighted by Gasteiger charge is -2.15. The van der Waals surface area contributed by atoms with E-state index in [-0.39, 0.29) is 5.69 Å². The minimum atomic E-state index is -4.50. The number of pyridine rings is 1. The van der Waals surface area contributed by atoms with Gasteiger partial charge in [-0.25, -0.2) is 0 Å². The standard InChI is InChI=1S/C15H15F3N2O2/c1-9(22-8-10-2-3-10)14(21)12(6-19)13-5-4-11(7-20-13)15(16,17)18/h4-5,7,9-10,12H,2-3,8H2,1H3. The van der Waals surface area contributed by atoms with Crippen LogP contribution in [0.25, 0.3) is 0 Å². The van der Waals surface area contributed by atoms with Crippen molar-refractivity contribution in [3.8, 4) is 6.07 Å². The molecule has 2 unspecified atom stereocenters. The number of hydrogen-bond acceptors (Lipinski definition) is 4. The van der Waals surface area contributed by atoms with E-state index in [0.717, 1.165) is 25.0 Å². The van der Waals surface area contributed by atoms with Crippen LogP contribution in [-0.4, -0.2) is 23.5 Å². The summed E-state index contributed by atoms with van der Waals surface area (Å²) >= 11 is 0. The number of carbonyl (C=O) groups excluding carboxylic acids is 1. The molecule has 0 amide bonds. The Morgan fingerprint density at radius 1 is 1.50 bits per heavy atom. The van der Waals surface area contributed by atoms with Crippen LogP contribution >= 0.6 is 0 Å². The first-order chi connectivity index (χ1) is 10.3. The summed E-state index contributed by atoms with van der Waals surface area (Å²) in [6, 6.07) is 3.66. The SMILES string of the molecule is CC(OCC1CC1)C(=O)C(C#N)c1ccc(C(F)(F)F)cn1. The highest BCUT2D eigenvalue weighted by atomic mass is 19.4. The maximum absolute atomic E-state index is 12.5. The molecule has 0 radical (unpaired) electrons. The summed E-state index contributed by atoms with van der Waals surface area (Å²) < 4.78 is 42.8. The fourth-order valence-corrected chi connectivity index (χ4v) is 1.90. The van der Waals surface area contributed by atoms with Crippen molar-refractivity contribution in [3.05, 3.63) is 29.6 Å². The van der Waals surface area contributed by atoms with Crippen LogP contribution in [0.1, 0.15) is 36.9 Å². The third-order valence-electron chi connectivity index (χ3n) is 3.50. The third-order valence-corrected chi connectivity index (χ3v) is 3.50. The molecule has 2 atom stereocenters. The molecule has 0 spiro atoms. The fourth-order valence-electron chi connectivity index (χ4n) is 1.90. The molecular formula is C15H15F3N2O2. The molecule has 0 aromatic carbocycles. The van der Waals surface area contributed by atoms with Gasteiger partial charge in [0.05, 0.1) is 23.9 Å². The van der Waals surface area contributed by atoms with E-state index >= 15 is 0 Å². The number of ether oxygens (including phenoxy) is 1. The molecule has 22 heavy (non-hydrogen) atoms. The van der Waals surface area contributed by atoms with Crippen LogP contribution in [0, 0.1) is 17.2 Å². The van der Waals surface area contributed by atoms with Crippen molar-refractivity contribution >= 4 is 5.78 Å². The number of nitrogens with zero attached hydrogens (tertiary/aromatic N) is 2. The average Bonchev–Trinajstić information content (AvgIpc) is 3.29. The summed E-state index contributed by atoms with van der Waals surface area (Å²) in [5.74, 6) is -1.24. The second-order valence-corrected chi connectivity index (χ2v) is 5.35. The summed E-state index contributed by atoms with van der Waals surface area (Å²) in [6.45, 7) is 2.00. The highest BCUT2D eigenvalue weighted by molar-refractivity contribution is 5.91. The molecule has 1 heterocycles. The monoisotopic (exact) mass is 312 g/mol. The van der Waals surface area contributed by atoms with Gasteiger partial charge in [0, 0.05) is 6.20 Å². The predicted molar refractivity (Wildman–Crippen MR) is 70.7 cm³/mol. The number of hydrogen-bond donors (Lipinski definition) is 0. The van der Waals surface area contributed by atoms with E-state index in [4.69, 9.17) is 10.00 Å². The summed E-state index contributed by atoms with van der Waals surface area (Å²) in [5, 5.41) is 9.13. The van der Waals surface area contributed by atoms with Crippen LogP contribution in [0.2, 0.25) is 0 Å². The molecule has 7 heteroatoms. The van der Waals surface area contributed by atoms with Crippen molar-refractivity contribution in [2.45, 2.75) is 38.0 Å². The minimum absolute atomic E-state index is 0.00220. The highest BCUT2D eigenvalue weighted by Gasteiger charge is 2.33. The van der Waals surface area contributed by atoms with Crippen molar-refractivity contribution < 1.29 is 22.7 Å². The van der Waals surface area contributed by atoms with E-state index in [2.05, 4.69) is 4.98 Å². The lowest BCUT2D eigenvalue weighted by molar-refractivity contribution is -0.137. The molecule has 1 saturated carbocycles. The Morgan fingerprint density at radius 3 is 2.64 bits per heavy atom. The number of aromatic nitrogens is 1. The van der Waals surface area contributed by atoms with Gasteiger partial charge in [-0.1, -0.05) is 0 Å². The molecule has 1 aromatic heterocycles. The largest absolute Gasteiger partial charge is 0.417 e. The van der Waals surface area contributed by atoms with Gasteiger partial charge >= 0.3 is 6.18 Å². The van der Waals surface area contributed by atoms with Crippen LogP contribution in [0.4, 0.5) is 13.2 Å². The number of halogens is 3. The fraction of sp³-hybridized carbons (Fsp3) is 0.533. The summed E-state index contributed by atoms with van der Waals surface area (Å²) in [4.78, 5) is 15.8. The van der Waals surface area contributed by atoms with Gasteiger partial charge in [0.15, 0.2) is 5.78 Å². The zero-order valence-corrected chi connectivity index (χ0v) is 11.9. The van der Waals surface area contributed by atoms with Crippen molar-refractivity contribution in [2.75, 3.05) is 6.61 Å². The number of Topliss-reactive ketones (excluding diaryl/α,β-unsaturated/α-hetero) is 1. The Balaban J connectivity index is 2.06. The van der Waals surface area contributed by atoms with Crippen LogP contribution in [-0.2, 0) is 15.7 Å². The predicted octanol–water partition coefficient (Wildman–Crippen LogP) is 3.09. The van der Waals surface area contributed by atoms with Gasteiger partial charge in [-0.3, -0.25) is 9.78 Å². The van der Waals surface area contributed by atoms with E-state index < -0.39 is 29.5 Å². The summed E-state index contributed by atoms with van der Waals surface area (Å²) in [6.07, 6.45) is -2.51. The van der Waals surface area contributed by atoms with E-state index in [1.165, 1.54) is 0 Å². The first-order valence-corrected chi connectivity index (χ1v) is 6.91. The molecular weight excluding hydrogens is 297 g/mol. The Bertz CT molecular complexity index is 574. The Morgan fingerprint density at radius 2 is 2.18 bits per heavy atom. The summed E-state index contributed by atoms with van der Waals surface area (Å²) in [5.41, 5.74) is -0.916. The molecule has 1 aromatic rings. The third kappa shape index (κ3) is 4.04. The zero-order chi connectivity index (χ0) is 16.3. The molecule has 1 fully saturated rings. The first kappa shape index (κ1) is 16.4. The smallest absolute Gasteiger partial charge is 0.370 e. The highest BCUT2D eigenvalue weighted by Crippen LogP contribution is 2.30. The molecule has 118 valence electrons. The van der Waals surface area contributed by atoms with E-state index in [1.807, 2.05) is 0 Å². The van der Waals surface area contributed by atoms with E-state index in [0.29, 0.717) is 18.7 Å².